The fourth-order valence-electron chi connectivity index (χ4n) is 2.98. The highest BCUT2D eigenvalue weighted by Gasteiger charge is 2.27. The van der Waals surface area contributed by atoms with Crippen LogP contribution in [0.2, 0.25) is 0 Å². The van der Waals surface area contributed by atoms with Crippen molar-refractivity contribution in [2.24, 2.45) is 0 Å². The Morgan fingerprint density at radius 1 is 1.16 bits per heavy atom. The van der Waals surface area contributed by atoms with Crippen LogP contribution < -0.4 is 4.74 Å². The molecule has 1 amide bonds. The Balaban J connectivity index is 1.84. The van der Waals surface area contributed by atoms with Crippen LogP contribution in [0.1, 0.15) is 16.1 Å². The molecule has 134 valence electrons. The van der Waals surface area contributed by atoms with Gasteiger partial charge >= 0.3 is 0 Å². The van der Waals surface area contributed by atoms with Crippen molar-refractivity contribution >= 4 is 26.8 Å². The van der Waals surface area contributed by atoms with Gasteiger partial charge in [0.2, 0.25) is 10.0 Å². The van der Waals surface area contributed by atoms with Gasteiger partial charge in [-0.25, -0.2) is 8.42 Å². The summed E-state index contributed by atoms with van der Waals surface area (Å²) in [7, 11) is -1.61. The predicted octanol–water partition coefficient (Wildman–Crippen LogP) is 1.27. The van der Waals surface area contributed by atoms with E-state index in [1.807, 2.05) is 24.3 Å². The second-order valence-electron chi connectivity index (χ2n) is 6.13. The third kappa shape index (κ3) is 3.59. The van der Waals surface area contributed by atoms with E-state index in [-0.39, 0.29) is 5.91 Å². The van der Waals surface area contributed by atoms with Gasteiger partial charge in [0.15, 0.2) is 0 Å². The molecule has 3 rings (SSSR count). The van der Waals surface area contributed by atoms with Crippen LogP contribution in [-0.2, 0) is 10.0 Å². The minimum atomic E-state index is -3.21. The van der Waals surface area contributed by atoms with E-state index in [1.54, 1.807) is 18.9 Å². The number of benzene rings is 1. The normalized spacial score (nSPS) is 16.2. The number of carbonyl (C=O) groups excluding carboxylic acids is 1. The monoisotopic (exact) mass is 363 g/mol. The van der Waals surface area contributed by atoms with Gasteiger partial charge < -0.3 is 9.64 Å². The standard InChI is InChI=1S/C17H21N3O4S/c1-12-15(10-13-4-5-14(24-2)11-16(13)18-12)17(21)19-6-8-20(9-7-19)25(3,22)23/h4-5,10-11H,6-9H2,1-3H3. The molecule has 2 aromatic rings. The van der Waals surface area contributed by atoms with Gasteiger partial charge in [-0.05, 0) is 25.1 Å². The van der Waals surface area contributed by atoms with E-state index in [4.69, 9.17) is 4.74 Å². The molecule has 1 saturated heterocycles. The summed E-state index contributed by atoms with van der Waals surface area (Å²) in [6.07, 6.45) is 1.19. The van der Waals surface area contributed by atoms with Gasteiger partial charge in [-0.2, -0.15) is 4.31 Å². The summed E-state index contributed by atoms with van der Waals surface area (Å²) >= 11 is 0. The van der Waals surface area contributed by atoms with E-state index in [9.17, 15) is 13.2 Å². The first-order chi connectivity index (χ1) is 11.8. The van der Waals surface area contributed by atoms with Crippen LogP contribution in [0.5, 0.6) is 5.75 Å². The molecule has 1 aliphatic rings. The van der Waals surface area contributed by atoms with E-state index in [0.29, 0.717) is 37.4 Å². The van der Waals surface area contributed by atoms with Crippen LogP contribution in [0, 0.1) is 6.92 Å². The average Bonchev–Trinajstić information content (AvgIpc) is 2.59. The second kappa shape index (κ2) is 6.61. The number of hydrogen-bond donors (Lipinski definition) is 0. The Hall–Kier alpha value is -2.19. The number of sulfonamides is 1. The molecule has 0 radical (unpaired) electrons. The lowest BCUT2D eigenvalue weighted by Crippen LogP contribution is -2.50. The lowest BCUT2D eigenvalue weighted by molar-refractivity contribution is 0.0697. The van der Waals surface area contributed by atoms with Gasteiger partial charge in [0.25, 0.3) is 5.91 Å². The molecule has 0 aliphatic carbocycles. The highest BCUT2D eigenvalue weighted by atomic mass is 32.2. The van der Waals surface area contributed by atoms with Crippen LogP contribution in [0.25, 0.3) is 10.9 Å². The SMILES string of the molecule is COc1ccc2cc(C(=O)N3CCN(S(C)(=O)=O)CC3)c(C)nc2c1. The van der Waals surface area contributed by atoms with Crippen molar-refractivity contribution in [3.05, 3.63) is 35.5 Å². The van der Waals surface area contributed by atoms with Crippen LogP contribution in [0.3, 0.4) is 0 Å². The molecule has 7 nitrogen and oxygen atoms in total. The first kappa shape index (κ1) is 17.6. The fourth-order valence-corrected chi connectivity index (χ4v) is 3.81. The smallest absolute Gasteiger partial charge is 0.255 e. The van der Waals surface area contributed by atoms with Crippen LogP contribution in [0.15, 0.2) is 24.3 Å². The van der Waals surface area contributed by atoms with Crippen molar-refractivity contribution in [1.29, 1.82) is 0 Å². The van der Waals surface area contributed by atoms with Gasteiger partial charge in [0.1, 0.15) is 5.75 Å². The molecule has 8 heteroatoms. The average molecular weight is 363 g/mol. The predicted molar refractivity (Wildman–Crippen MR) is 95.4 cm³/mol. The summed E-state index contributed by atoms with van der Waals surface area (Å²) in [4.78, 5) is 19.0. The molecule has 1 aliphatic heterocycles. The number of aromatic nitrogens is 1. The number of pyridine rings is 1. The zero-order valence-electron chi connectivity index (χ0n) is 14.5. The highest BCUT2D eigenvalue weighted by Crippen LogP contribution is 2.23. The van der Waals surface area contributed by atoms with Crippen LogP contribution >= 0.6 is 0 Å². The summed E-state index contributed by atoms with van der Waals surface area (Å²) < 4.78 is 29.8. The van der Waals surface area contributed by atoms with Gasteiger partial charge in [-0.15, -0.1) is 0 Å². The number of carbonyl (C=O) groups is 1. The number of methoxy groups -OCH3 is 1. The highest BCUT2D eigenvalue weighted by molar-refractivity contribution is 7.88. The van der Waals surface area contributed by atoms with E-state index in [0.717, 1.165) is 16.7 Å². The van der Waals surface area contributed by atoms with Gasteiger partial charge in [0.05, 0.1) is 30.1 Å². The Labute approximate surface area is 147 Å². The second-order valence-corrected chi connectivity index (χ2v) is 8.12. The Kier molecular flexibility index (Phi) is 4.66. The molecule has 0 spiro atoms. The zero-order valence-corrected chi connectivity index (χ0v) is 15.3. The maximum Gasteiger partial charge on any atom is 0.255 e. The molecule has 0 saturated carbocycles. The van der Waals surface area contributed by atoms with E-state index in [1.165, 1.54) is 10.6 Å². The Bertz CT molecular complexity index is 919. The lowest BCUT2D eigenvalue weighted by atomic mass is 10.1. The first-order valence-electron chi connectivity index (χ1n) is 7.99. The number of hydrogen-bond acceptors (Lipinski definition) is 5. The summed E-state index contributed by atoms with van der Waals surface area (Å²) in [5, 5.41) is 0.865. The van der Waals surface area contributed by atoms with E-state index < -0.39 is 10.0 Å². The molecule has 1 fully saturated rings. The van der Waals surface area contributed by atoms with E-state index in [2.05, 4.69) is 4.98 Å². The van der Waals surface area contributed by atoms with Crippen molar-refractivity contribution in [1.82, 2.24) is 14.2 Å². The zero-order chi connectivity index (χ0) is 18.2. The van der Waals surface area contributed by atoms with Crippen molar-refractivity contribution in [3.63, 3.8) is 0 Å². The molecule has 0 atom stereocenters. The third-order valence-electron chi connectivity index (χ3n) is 4.44. The topological polar surface area (TPSA) is 79.8 Å². The third-order valence-corrected chi connectivity index (χ3v) is 5.74. The number of ether oxygens (including phenoxy) is 1. The van der Waals surface area contributed by atoms with Crippen LogP contribution in [-0.4, -0.2) is 68.1 Å². The van der Waals surface area contributed by atoms with Gasteiger partial charge in [-0.3, -0.25) is 9.78 Å². The van der Waals surface area contributed by atoms with Gasteiger partial charge in [0, 0.05) is 37.6 Å². The summed E-state index contributed by atoms with van der Waals surface area (Å²) in [6, 6.07) is 7.38. The van der Waals surface area contributed by atoms with Crippen molar-refractivity contribution in [2.45, 2.75) is 6.92 Å². The van der Waals surface area contributed by atoms with Gasteiger partial charge in [-0.1, -0.05) is 0 Å². The maximum absolute atomic E-state index is 12.8. The quantitative estimate of drug-likeness (QED) is 0.820. The molecule has 1 aromatic carbocycles. The van der Waals surface area contributed by atoms with Crippen molar-refractivity contribution < 1.29 is 17.9 Å². The summed E-state index contributed by atoms with van der Waals surface area (Å²) in [5.74, 6) is 0.603. The molecule has 2 heterocycles. The minimum Gasteiger partial charge on any atom is -0.497 e. The largest absolute Gasteiger partial charge is 0.497 e. The lowest BCUT2D eigenvalue weighted by Gasteiger charge is -2.33. The number of piperazine rings is 1. The molecule has 0 N–H and O–H groups in total. The number of fused-ring (bicyclic) bond motifs is 1. The van der Waals surface area contributed by atoms with E-state index >= 15 is 0 Å². The molecule has 1 aromatic heterocycles. The van der Waals surface area contributed by atoms with Crippen molar-refractivity contribution in [3.8, 4) is 5.75 Å². The van der Waals surface area contributed by atoms with Crippen molar-refractivity contribution in [2.75, 3.05) is 39.5 Å². The molecule has 0 unspecified atom stereocenters. The molecular formula is C17H21N3O4S. The number of aryl methyl sites for hydroxylation is 1. The molecular weight excluding hydrogens is 342 g/mol. The summed E-state index contributed by atoms with van der Waals surface area (Å²) in [6.45, 7) is 3.21. The fraction of sp³-hybridized carbons (Fsp3) is 0.412. The first-order valence-corrected chi connectivity index (χ1v) is 9.84. The number of rotatable bonds is 3. The number of amides is 1. The maximum atomic E-state index is 12.8. The number of nitrogens with zero attached hydrogens (tertiary/aromatic N) is 3. The molecule has 0 bridgehead atoms. The Morgan fingerprint density at radius 2 is 1.84 bits per heavy atom. The molecule has 25 heavy (non-hydrogen) atoms. The van der Waals surface area contributed by atoms with Crippen LogP contribution in [0.4, 0.5) is 0 Å². The summed E-state index contributed by atoms with van der Waals surface area (Å²) in [5.41, 5.74) is 1.97. The minimum absolute atomic E-state index is 0.115. The Morgan fingerprint density at radius 3 is 2.44 bits per heavy atom.